The summed E-state index contributed by atoms with van der Waals surface area (Å²) in [5, 5.41) is 2.62. The monoisotopic (exact) mass is 459 g/mol. The Hall–Kier alpha value is -3.52. The van der Waals surface area contributed by atoms with Gasteiger partial charge in [-0.1, -0.05) is 29.8 Å². The maximum Gasteiger partial charge on any atom is 0.262 e. The van der Waals surface area contributed by atoms with Crippen LogP contribution in [0.5, 0.6) is 0 Å². The number of aromatic nitrogens is 3. The van der Waals surface area contributed by atoms with E-state index in [0.29, 0.717) is 25.0 Å². The van der Waals surface area contributed by atoms with Gasteiger partial charge in [0.15, 0.2) is 0 Å². The Kier molecular flexibility index (Phi) is 5.92. The van der Waals surface area contributed by atoms with Gasteiger partial charge in [0.2, 0.25) is 5.91 Å². The van der Waals surface area contributed by atoms with Crippen molar-refractivity contribution in [3.63, 3.8) is 0 Å². The number of piperazine rings is 1. The van der Waals surface area contributed by atoms with Gasteiger partial charge in [-0.05, 0) is 24.6 Å². The number of benzene rings is 1. The number of amides is 1. The van der Waals surface area contributed by atoms with Gasteiger partial charge >= 0.3 is 0 Å². The van der Waals surface area contributed by atoms with Gasteiger partial charge in [0.1, 0.15) is 4.83 Å². The number of thiophene rings is 1. The summed E-state index contributed by atoms with van der Waals surface area (Å²) >= 11 is 1.47. The zero-order valence-electron chi connectivity index (χ0n) is 18.5. The molecule has 1 aliphatic heterocycles. The lowest BCUT2D eigenvalue weighted by Crippen LogP contribution is -2.49. The van der Waals surface area contributed by atoms with Crippen molar-refractivity contribution in [1.82, 2.24) is 19.4 Å². The van der Waals surface area contributed by atoms with E-state index in [1.54, 1.807) is 23.3 Å². The lowest BCUT2D eigenvalue weighted by molar-refractivity contribution is -0.131. The molecule has 1 amide bonds. The lowest BCUT2D eigenvalue weighted by atomic mass is 10.1. The van der Waals surface area contributed by atoms with E-state index in [-0.39, 0.29) is 17.9 Å². The third kappa shape index (κ3) is 4.39. The van der Waals surface area contributed by atoms with Crippen LogP contribution in [0.1, 0.15) is 12.0 Å². The number of rotatable bonds is 5. The highest BCUT2D eigenvalue weighted by Gasteiger charge is 2.21. The van der Waals surface area contributed by atoms with Crippen molar-refractivity contribution in [3.8, 4) is 11.1 Å². The van der Waals surface area contributed by atoms with Gasteiger partial charge in [0, 0.05) is 68.2 Å². The minimum Gasteiger partial charge on any atom is -0.368 e. The fourth-order valence-corrected chi connectivity index (χ4v) is 5.12. The highest BCUT2D eigenvalue weighted by Crippen LogP contribution is 2.30. The van der Waals surface area contributed by atoms with E-state index in [1.165, 1.54) is 16.9 Å². The van der Waals surface area contributed by atoms with Crippen LogP contribution in [0.25, 0.3) is 21.3 Å². The molecule has 0 bridgehead atoms. The highest BCUT2D eigenvalue weighted by molar-refractivity contribution is 7.17. The number of fused-ring (bicyclic) bond motifs is 1. The number of carbonyl (C=O) groups is 1. The van der Waals surface area contributed by atoms with Crippen molar-refractivity contribution in [2.45, 2.75) is 19.9 Å². The predicted octanol–water partition coefficient (Wildman–Crippen LogP) is 3.57. The molecular formula is C25H25N5O2S. The zero-order chi connectivity index (χ0) is 22.8. The molecule has 1 aromatic carbocycles. The molecule has 0 N–H and O–H groups in total. The second kappa shape index (κ2) is 9.15. The molecule has 0 saturated carbocycles. The van der Waals surface area contributed by atoms with Crippen molar-refractivity contribution in [2.24, 2.45) is 0 Å². The average molecular weight is 460 g/mol. The molecular weight excluding hydrogens is 434 g/mol. The molecule has 3 aromatic heterocycles. The molecule has 7 nitrogen and oxygen atoms in total. The topological polar surface area (TPSA) is 71.3 Å². The summed E-state index contributed by atoms with van der Waals surface area (Å²) in [6.45, 7) is 5.30. The van der Waals surface area contributed by atoms with Crippen LogP contribution in [0.4, 0.5) is 5.69 Å². The first kappa shape index (κ1) is 21.3. The Morgan fingerprint density at radius 3 is 2.48 bits per heavy atom. The van der Waals surface area contributed by atoms with E-state index in [0.717, 1.165) is 34.7 Å². The SMILES string of the molecule is Cc1ccc(-c2csc3ncn(CCC(=O)N4CCN(c5ccncc5)CC4)c(=O)c23)cc1. The number of anilines is 1. The first-order valence-electron chi connectivity index (χ1n) is 11.1. The summed E-state index contributed by atoms with van der Waals surface area (Å²) < 4.78 is 1.57. The minimum absolute atomic E-state index is 0.0699. The Morgan fingerprint density at radius 1 is 1.03 bits per heavy atom. The molecule has 1 aliphatic rings. The van der Waals surface area contributed by atoms with E-state index in [9.17, 15) is 9.59 Å². The molecule has 0 unspecified atom stereocenters. The third-order valence-corrected chi connectivity index (χ3v) is 7.04. The van der Waals surface area contributed by atoms with Crippen molar-refractivity contribution < 1.29 is 4.79 Å². The first-order chi connectivity index (χ1) is 16.1. The molecule has 4 heterocycles. The smallest absolute Gasteiger partial charge is 0.262 e. The van der Waals surface area contributed by atoms with Gasteiger partial charge < -0.3 is 9.80 Å². The molecule has 0 atom stereocenters. The summed E-state index contributed by atoms with van der Waals surface area (Å²) in [5.41, 5.74) is 4.12. The maximum atomic E-state index is 13.2. The molecule has 4 aromatic rings. The Labute approximate surface area is 195 Å². The Balaban J connectivity index is 1.27. The van der Waals surface area contributed by atoms with Gasteiger partial charge in [-0.2, -0.15) is 0 Å². The summed E-state index contributed by atoms with van der Waals surface area (Å²) in [5.74, 6) is 0.0699. The molecule has 5 rings (SSSR count). The van der Waals surface area contributed by atoms with Crippen LogP contribution in [-0.4, -0.2) is 51.5 Å². The molecule has 0 aliphatic carbocycles. The van der Waals surface area contributed by atoms with Crippen LogP contribution in [-0.2, 0) is 11.3 Å². The second-order valence-electron chi connectivity index (χ2n) is 8.26. The lowest BCUT2D eigenvalue weighted by Gasteiger charge is -2.36. The molecule has 168 valence electrons. The van der Waals surface area contributed by atoms with Crippen molar-refractivity contribution in [2.75, 3.05) is 31.1 Å². The third-order valence-electron chi connectivity index (χ3n) is 6.15. The Bertz CT molecular complexity index is 1320. The van der Waals surface area contributed by atoms with E-state index in [4.69, 9.17) is 0 Å². The molecule has 0 spiro atoms. The van der Waals surface area contributed by atoms with Crippen molar-refractivity contribution in [3.05, 3.63) is 76.4 Å². The molecule has 0 radical (unpaired) electrons. The summed E-state index contributed by atoms with van der Waals surface area (Å²) in [7, 11) is 0. The summed E-state index contributed by atoms with van der Waals surface area (Å²) in [6, 6.07) is 12.1. The number of aryl methyl sites for hydroxylation is 2. The number of hydrogen-bond donors (Lipinski definition) is 0. The standard InChI is InChI=1S/C25H25N5O2S/c1-18-2-4-19(5-3-18)21-16-33-24-23(21)25(32)30(17-27-24)11-8-22(31)29-14-12-28(13-15-29)20-6-9-26-10-7-20/h2-7,9-10,16-17H,8,11-15H2,1H3. The van der Waals surface area contributed by atoms with Gasteiger partial charge in [0.05, 0.1) is 11.7 Å². The van der Waals surface area contributed by atoms with Crippen molar-refractivity contribution in [1.29, 1.82) is 0 Å². The minimum atomic E-state index is -0.0906. The van der Waals surface area contributed by atoms with Crippen molar-refractivity contribution >= 4 is 33.1 Å². The Morgan fingerprint density at radius 2 is 1.76 bits per heavy atom. The van der Waals surface area contributed by atoms with E-state index in [1.807, 2.05) is 53.6 Å². The fourth-order valence-electron chi connectivity index (χ4n) is 4.22. The van der Waals surface area contributed by atoms with E-state index < -0.39 is 0 Å². The number of hydrogen-bond acceptors (Lipinski definition) is 6. The van der Waals surface area contributed by atoms with Crippen LogP contribution >= 0.6 is 11.3 Å². The van der Waals surface area contributed by atoms with E-state index >= 15 is 0 Å². The van der Waals surface area contributed by atoms with Crippen LogP contribution in [0.3, 0.4) is 0 Å². The first-order valence-corrected chi connectivity index (χ1v) is 11.9. The second-order valence-corrected chi connectivity index (χ2v) is 9.12. The van der Waals surface area contributed by atoms with Crippen LogP contribution in [0.15, 0.2) is 65.3 Å². The van der Waals surface area contributed by atoms with Crippen LogP contribution in [0, 0.1) is 6.92 Å². The van der Waals surface area contributed by atoms with Crippen LogP contribution < -0.4 is 10.5 Å². The quantitative estimate of drug-likeness (QED) is 0.456. The number of pyridine rings is 1. The fraction of sp³-hybridized carbons (Fsp3) is 0.280. The molecule has 33 heavy (non-hydrogen) atoms. The average Bonchev–Trinajstić information content (AvgIpc) is 3.29. The zero-order valence-corrected chi connectivity index (χ0v) is 19.3. The number of nitrogens with zero attached hydrogens (tertiary/aromatic N) is 5. The number of carbonyl (C=O) groups excluding carboxylic acids is 1. The molecule has 1 saturated heterocycles. The van der Waals surface area contributed by atoms with Gasteiger partial charge in [-0.25, -0.2) is 4.98 Å². The largest absolute Gasteiger partial charge is 0.368 e. The predicted molar refractivity (Wildman–Crippen MR) is 132 cm³/mol. The van der Waals surface area contributed by atoms with Gasteiger partial charge in [0.25, 0.3) is 5.56 Å². The molecule has 8 heteroatoms. The summed E-state index contributed by atoms with van der Waals surface area (Å²) in [6.07, 6.45) is 5.42. The molecule has 1 fully saturated rings. The van der Waals surface area contributed by atoms with Crippen LogP contribution in [0.2, 0.25) is 0 Å². The van der Waals surface area contributed by atoms with E-state index in [2.05, 4.69) is 14.9 Å². The van der Waals surface area contributed by atoms with Gasteiger partial charge in [-0.3, -0.25) is 19.1 Å². The maximum absolute atomic E-state index is 13.2. The van der Waals surface area contributed by atoms with Gasteiger partial charge in [-0.15, -0.1) is 11.3 Å². The summed E-state index contributed by atoms with van der Waals surface area (Å²) in [4.78, 5) is 39.5. The normalized spacial score (nSPS) is 14.1. The highest BCUT2D eigenvalue weighted by atomic mass is 32.1.